The largest absolute Gasteiger partial charge is 0.467 e. The Morgan fingerprint density at radius 1 is 1.20 bits per heavy atom. The van der Waals surface area contributed by atoms with Gasteiger partial charge in [-0.2, -0.15) is 0 Å². The number of carbonyl (C=O) groups is 2. The molecule has 0 aliphatic heterocycles. The van der Waals surface area contributed by atoms with Crippen LogP contribution < -0.4 is 5.32 Å². The van der Waals surface area contributed by atoms with Crippen LogP contribution in [0.25, 0.3) is 0 Å². The fourth-order valence-corrected chi connectivity index (χ4v) is 1.83. The minimum Gasteiger partial charge on any atom is -0.467 e. The second kappa shape index (κ2) is 6.25. The number of hydrogen-bond donors (Lipinski definition) is 1. The van der Waals surface area contributed by atoms with Gasteiger partial charge in [-0.15, -0.1) is 0 Å². The van der Waals surface area contributed by atoms with Crippen molar-refractivity contribution in [3.63, 3.8) is 0 Å². The summed E-state index contributed by atoms with van der Waals surface area (Å²) in [6, 6.07) is 10.8. The van der Waals surface area contributed by atoms with Gasteiger partial charge in [0.25, 0.3) is 5.91 Å². The Morgan fingerprint density at radius 3 is 2.45 bits per heavy atom. The molecule has 0 saturated heterocycles. The zero-order valence-corrected chi connectivity index (χ0v) is 11.4. The third kappa shape index (κ3) is 3.19. The highest BCUT2D eigenvalue weighted by Crippen LogP contribution is 2.17. The molecule has 1 amide bonds. The second-order valence-electron chi connectivity index (χ2n) is 3.94. The Morgan fingerprint density at radius 2 is 1.90 bits per heavy atom. The number of esters is 1. The van der Waals surface area contributed by atoms with Crippen LogP contribution in [0.5, 0.6) is 0 Å². The Balaban J connectivity index is 2.21. The van der Waals surface area contributed by atoms with Crippen LogP contribution in [0.1, 0.15) is 22.2 Å². The quantitative estimate of drug-likeness (QED) is 0.880. The average Bonchev–Trinajstić information content (AvgIpc) is 2.91. The van der Waals surface area contributed by atoms with Crippen molar-refractivity contribution >= 4 is 23.5 Å². The molecule has 1 atom stereocenters. The van der Waals surface area contributed by atoms with E-state index in [2.05, 4.69) is 5.32 Å². The van der Waals surface area contributed by atoms with E-state index in [-0.39, 0.29) is 11.0 Å². The van der Waals surface area contributed by atoms with E-state index >= 15 is 0 Å². The fourth-order valence-electron chi connectivity index (χ4n) is 1.68. The second-order valence-corrected chi connectivity index (χ2v) is 4.32. The molecule has 0 saturated carbocycles. The number of hydrogen-bond acceptors (Lipinski definition) is 4. The average molecular weight is 294 g/mol. The summed E-state index contributed by atoms with van der Waals surface area (Å²) in [7, 11) is 1.26. The van der Waals surface area contributed by atoms with Crippen molar-refractivity contribution in [1.82, 2.24) is 5.32 Å². The summed E-state index contributed by atoms with van der Waals surface area (Å²) < 4.78 is 9.70. The predicted octanol–water partition coefficient (Wildman–Crippen LogP) is 2.58. The Labute approximate surface area is 120 Å². The van der Waals surface area contributed by atoms with Gasteiger partial charge >= 0.3 is 5.97 Å². The van der Waals surface area contributed by atoms with Crippen LogP contribution in [0, 0.1) is 0 Å². The Hall–Kier alpha value is -2.27. The fraction of sp³-hybridized carbons (Fsp3) is 0.143. The molecule has 2 aromatic rings. The number of nitrogens with one attached hydrogen (secondary N) is 1. The molecule has 1 N–H and O–H groups in total. The lowest BCUT2D eigenvalue weighted by molar-refractivity contribution is -0.143. The van der Waals surface area contributed by atoms with Crippen LogP contribution in [-0.2, 0) is 9.53 Å². The number of methoxy groups -OCH3 is 1. The first-order valence-corrected chi connectivity index (χ1v) is 6.18. The van der Waals surface area contributed by atoms with E-state index in [4.69, 9.17) is 20.8 Å². The standard InChI is InChI=1S/C14H12ClNO4/c1-19-14(18)12(9-5-3-2-4-6-9)16-13(17)10-7-8-11(15)20-10/h2-8,12H,1H3,(H,16,17). The topological polar surface area (TPSA) is 68.5 Å². The number of benzene rings is 1. The van der Waals surface area contributed by atoms with E-state index in [9.17, 15) is 9.59 Å². The Kier molecular flexibility index (Phi) is 4.42. The summed E-state index contributed by atoms with van der Waals surface area (Å²) in [6.45, 7) is 0. The van der Waals surface area contributed by atoms with Crippen molar-refractivity contribution in [3.05, 3.63) is 59.0 Å². The molecule has 0 aliphatic rings. The molecule has 0 radical (unpaired) electrons. The maximum atomic E-state index is 12.0. The van der Waals surface area contributed by atoms with E-state index in [1.807, 2.05) is 6.07 Å². The number of furan rings is 1. The molecule has 0 spiro atoms. The van der Waals surface area contributed by atoms with Gasteiger partial charge in [-0.05, 0) is 29.3 Å². The smallest absolute Gasteiger partial charge is 0.333 e. The first-order valence-electron chi connectivity index (χ1n) is 5.81. The zero-order chi connectivity index (χ0) is 14.5. The van der Waals surface area contributed by atoms with Crippen LogP contribution in [-0.4, -0.2) is 19.0 Å². The van der Waals surface area contributed by atoms with E-state index < -0.39 is 17.9 Å². The maximum absolute atomic E-state index is 12.0. The highest BCUT2D eigenvalue weighted by molar-refractivity contribution is 6.29. The predicted molar refractivity (Wildman–Crippen MR) is 72.4 cm³/mol. The first kappa shape index (κ1) is 14.1. The van der Waals surface area contributed by atoms with Crippen LogP contribution in [0.2, 0.25) is 5.22 Å². The van der Waals surface area contributed by atoms with E-state index in [1.165, 1.54) is 19.2 Å². The summed E-state index contributed by atoms with van der Waals surface area (Å²) in [5.74, 6) is -1.09. The third-order valence-electron chi connectivity index (χ3n) is 2.64. The van der Waals surface area contributed by atoms with E-state index in [1.54, 1.807) is 24.3 Å². The summed E-state index contributed by atoms with van der Waals surface area (Å²) in [4.78, 5) is 23.8. The molecule has 0 aliphatic carbocycles. The van der Waals surface area contributed by atoms with Crippen molar-refractivity contribution in [2.45, 2.75) is 6.04 Å². The van der Waals surface area contributed by atoms with Crippen molar-refractivity contribution in [1.29, 1.82) is 0 Å². The van der Waals surface area contributed by atoms with Gasteiger partial charge in [0, 0.05) is 0 Å². The van der Waals surface area contributed by atoms with Crippen molar-refractivity contribution < 1.29 is 18.7 Å². The lowest BCUT2D eigenvalue weighted by Crippen LogP contribution is -2.34. The SMILES string of the molecule is COC(=O)C(NC(=O)c1ccc(Cl)o1)c1ccccc1. The summed E-state index contributed by atoms with van der Waals surface area (Å²) in [5.41, 5.74) is 0.616. The molecule has 0 fully saturated rings. The highest BCUT2D eigenvalue weighted by Gasteiger charge is 2.25. The van der Waals surface area contributed by atoms with Gasteiger partial charge in [0.05, 0.1) is 7.11 Å². The molecule has 1 aromatic carbocycles. The molecule has 104 valence electrons. The molecule has 5 nitrogen and oxygen atoms in total. The molecule has 20 heavy (non-hydrogen) atoms. The maximum Gasteiger partial charge on any atom is 0.333 e. The first-order chi connectivity index (χ1) is 9.61. The number of amides is 1. The molecule has 6 heteroatoms. The highest BCUT2D eigenvalue weighted by atomic mass is 35.5. The van der Waals surface area contributed by atoms with Gasteiger partial charge in [-0.1, -0.05) is 30.3 Å². The minimum atomic E-state index is -0.905. The van der Waals surface area contributed by atoms with Gasteiger partial charge in [0.2, 0.25) is 0 Å². The molecule has 0 bridgehead atoms. The summed E-state index contributed by atoms with van der Waals surface area (Å²) in [6.07, 6.45) is 0. The van der Waals surface area contributed by atoms with Crippen LogP contribution >= 0.6 is 11.6 Å². The van der Waals surface area contributed by atoms with Crippen LogP contribution in [0.4, 0.5) is 0 Å². The lowest BCUT2D eigenvalue weighted by atomic mass is 10.1. The molecule has 1 aromatic heterocycles. The number of carbonyl (C=O) groups excluding carboxylic acids is 2. The minimum absolute atomic E-state index is 0.0276. The third-order valence-corrected chi connectivity index (χ3v) is 2.85. The zero-order valence-electron chi connectivity index (χ0n) is 10.6. The van der Waals surface area contributed by atoms with E-state index in [0.717, 1.165) is 0 Å². The van der Waals surface area contributed by atoms with Crippen molar-refractivity contribution in [2.24, 2.45) is 0 Å². The number of ether oxygens (including phenoxy) is 1. The molecule has 1 unspecified atom stereocenters. The number of rotatable bonds is 4. The van der Waals surface area contributed by atoms with Gasteiger partial charge in [0.15, 0.2) is 17.0 Å². The normalized spacial score (nSPS) is 11.7. The number of halogens is 1. The lowest BCUT2D eigenvalue weighted by Gasteiger charge is -2.16. The molecular formula is C14H12ClNO4. The Bertz CT molecular complexity index is 609. The van der Waals surface area contributed by atoms with Crippen LogP contribution in [0.3, 0.4) is 0 Å². The van der Waals surface area contributed by atoms with Crippen LogP contribution in [0.15, 0.2) is 46.9 Å². The van der Waals surface area contributed by atoms with Gasteiger partial charge < -0.3 is 14.5 Å². The van der Waals surface area contributed by atoms with E-state index in [0.29, 0.717) is 5.56 Å². The van der Waals surface area contributed by atoms with Gasteiger partial charge in [0.1, 0.15) is 0 Å². The van der Waals surface area contributed by atoms with Gasteiger partial charge in [-0.25, -0.2) is 4.79 Å². The molecule has 2 rings (SSSR count). The van der Waals surface area contributed by atoms with Crippen molar-refractivity contribution in [3.8, 4) is 0 Å². The van der Waals surface area contributed by atoms with Crippen molar-refractivity contribution in [2.75, 3.05) is 7.11 Å². The monoisotopic (exact) mass is 293 g/mol. The summed E-state index contributed by atoms with van der Waals surface area (Å²) >= 11 is 5.61. The molecule has 1 heterocycles. The summed E-state index contributed by atoms with van der Waals surface area (Å²) in [5, 5.41) is 2.65. The van der Waals surface area contributed by atoms with Gasteiger partial charge in [-0.3, -0.25) is 4.79 Å². The molecular weight excluding hydrogens is 282 g/mol.